The highest BCUT2D eigenvalue weighted by atomic mass is 32.2. The van der Waals surface area contributed by atoms with E-state index in [0.29, 0.717) is 31.9 Å². The van der Waals surface area contributed by atoms with E-state index < -0.39 is 21.8 Å². The molecule has 10 nitrogen and oxygen atoms in total. The van der Waals surface area contributed by atoms with Crippen LogP contribution in [0.3, 0.4) is 0 Å². The summed E-state index contributed by atoms with van der Waals surface area (Å²) in [5.74, 6) is -1.20. The molecular formula is C24H26N6O4S. The van der Waals surface area contributed by atoms with Crippen LogP contribution >= 0.6 is 0 Å². The lowest BCUT2D eigenvalue weighted by Gasteiger charge is -2.34. The van der Waals surface area contributed by atoms with Crippen molar-refractivity contribution in [3.05, 3.63) is 89.5 Å². The van der Waals surface area contributed by atoms with Crippen LogP contribution in [-0.2, 0) is 16.6 Å². The minimum Gasteiger partial charge on any atom is -0.296 e. The highest BCUT2D eigenvalue weighted by Gasteiger charge is 2.28. The second kappa shape index (κ2) is 10.7. The number of amides is 2. The number of carbonyl (C=O) groups excluding carboxylic acids is 2. The van der Waals surface area contributed by atoms with Gasteiger partial charge in [-0.3, -0.25) is 30.3 Å². The van der Waals surface area contributed by atoms with Gasteiger partial charge in [0.15, 0.2) is 0 Å². The molecule has 1 saturated heterocycles. The molecule has 1 aliphatic rings. The van der Waals surface area contributed by atoms with Gasteiger partial charge in [-0.05, 0) is 36.8 Å². The molecule has 1 fully saturated rings. The molecule has 3 aromatic rings. The lowest BCUT2D eigenvalue weighted by molar-refractivity contribution is 0.0843. The molecule has 2 aromatic carbocycles. The van der Waals surface area contributed by atoms with Crippen molar-refractivity contribution >= 4 is 21.8 Å². The van der Waals surface area contributed by atoms with Gasteiger partial charge in [0.1, 0.15) is 5.69 Å². The van der Waals surface area contributed by atoms with Gasteiger partial charge in [-0.2, -0.15) is 4.31 Å². The molecule has 182 valence electrons. The predicted octanol–water partition coefficient (Wildman–Crippen LogP) is 1.37. The van der Waals surface area contributed by atoms with Crippen molar-refractivity contribution in [1.82, 2.24) is 30.0 Å². The first-order chi connectivity index (χ1) is 16.8. The molecule has 2 N–H and O–H groups in total. The maximum Gasteiger partial charge on any atom is 0.289 e. The third-order valence-electron chi connectivity index (χ3n) is 5.64. The van der Waals surface area contributed by atoms with Gasteiger partial charge in [-0.1, -0.05) is 30.3 Å². The monoisotopic (exact) mass is 494 g/mol. The number of aryl methyl sites for hydroxylation is 1. The summed E-state index contributed by atoms with van der Waals surface area (Å²) >= 11 is 0. The average Bonchev–Trinajstić information content (AvgIpc) is 2.88. The van der Waals surface area contributed by atoms with Crippen LogP contribution in [0.5, 0.6) is 0 Å². The normalized spacial score (nSPS) is 14.9. The Morgan fingerprint density at radius 1 is 0.857 bits per heavy atom. The molecule has 35 heavy (non-hydrogen) atoms. The number of nitrogens with zero attached hydrogens (tertiary/aromatic N) is 4. The Bertz CT molecular complexity index is 1270. The first kappa shape index (κ1) is 24.5. The number of piperazine rings is 1. The third kappa shape index (κ3) is 6.07. The van der Waals surface area contributed by atoms with Gasteiger partial charge in [-0.15, -0.1) is 0 Å². The van der Waals surface area contributed by atoms with Crippen molar-refractivity contribution < 1.29 is 18.0 Å². The second-order valence-corrected chi connectivity index (χ2v) is 10.1. The summed E-state index contributed by atoms with van der Waals surface area (Å²) < 4.78 is 27.6. The Kier molecular flexibility index (Phi) is 7.49. The van der Waals surface area contributed by atoms with Gasteiger partial charge in [0, 0.05) is 44.5 Å². The van der Waals surface area contributed by atoms with Crippen molar-refractivity contribution in [3.63, 3.8) is 0 Å². The fourth-order valence-electron chi connectivity index (χ4n) is 3.66. The Morgan fingerprint density at radius 2 is 1.51 bits per heavy atom. The number of nitrogens with one attached hydrogen (secondary N) is 2. The highest BCUT2D eigenvalue weighted by Crippen LogP contribution is 2.19. The molecule has 11 heteroatoms. The fourth-order valence-corrected chi connectivity index (χ4v) is 5.08. The lowest BCUT2D eigenvalue weighted by atomic mass is 10.2. The van der Waals surface area contributed by atoms with Gasteiger partial charge in [-0.25, -0.2) is 13.4 Å². The summed E-state index contributed by atoms with van der Waals surface area (Å²) in [6.07, 6.45) is 2.75. The molecule has 0 unspecified atom stereocenters. The van der Waals surface area contributed by atoms with Gasteiger partial charge in [0.05, 0.1) is 16.8 Å². The minimum atomic E-state index is -3.68. The molecule has 2 amide bonds. The largest absolute Gasteiger partial charge is 0.296 e. The van der Waals surface area contributed by atoms with Crippen LogP contribution in [0.4, 0.5) is 0 Å². The van der Waals surface area contributed by atoms with Gasteiger partial charge in [0.2, 0.25) is 10.0 Å². The molecule has 1 aliphatic heterocycles. The Morgan fingerprint density at radius 3 is 2.14 bits per heavy atom. The third-order valence-corrected chi connectivity index (χ3v) is 7.55. The van der Waals surface area contributed by atoms with E-state index in [4.69, 9.17) is 0 Å². The molecule has 4 rings (SSSR count). The Labute approximate surface area is 204 Å². The van der Waals surface area contributed by atoms with E-state index in [1.165, 1.54) is 46.5 Å². The molecule has 0 radical (unpaired) electrons. The smallest absolute Gasteiger partial charge is 0.289 e. The van der Waals surface area contributed by atoms with Crippen LogP contribution in [-0.4, -0.2) is 65.6 Å². The molecule has 0 saturated carbocycles. The van der Waals surface area contributed by atoms with Crippen molar-refractivity contribution in [3.8, 4) is 0 Å². The van der Waals surface area contributed by atoms with Gasteiger partial charge >= 0.3 is 0 Å². The fraction of sp³-hybridized carbons (Fsp3) is 0.250. The van der Waals surface area contributed by atoms with Crippen LogP contribution in [0.1, 0.15) is 32.1 Å². The van der Waals surface area contributed by atoms with E-state index in [0.717, 1.165) is 6.54 Å². The topological polar surface area (TPSA) is 125 Å². The van der Waals surface area contributed by atoms with Crippen LogP contribution in [0.15, 0.2) is 71.9 Å². The zero-order valence-electron chi connectivity index (χ0n) is 19.2. The van der Waals surface area contributed by atoms with Crippen molar-refractivity contribution in [2.45, 2.75) is 18.4 Å². The van der Waals surface area contributed by atoms with E-state index in [2.05, 4.69) is 37.9 Å². The van der Waals surface area contributed by atoms with Gasteiger partial charge < -0.3 is 0 Å². The van der Waals surface area contributed by atoms with Crippen LogP contribution in [0, 0.1) is 6.92 Å². The molecule has 0 aliphatic carbocycles. The lowest BCUT2D eigenvalue weighted by Crippen LogP contribution is -2.48. The standard InChI is InChI=1S/C24H26N6O4S/c1-18-15-26-22(16-25-18)24(32)28-27-23(31)20-7-9-21(10-8-20)35(33,34)30-13-11-29(12-14-30)17-19-5-3-2-4-6-19/h2-10,15-16H,11-14,17H2,1H3,(H,27,31)(H,28,32). The summed E-state index contributed by atoms with van der Waals surface area (Å²) in [5, 5.41) is 0. The zero-order chi connectivity index (χ0) is 24.8. The summed E-state index contributed by atoms with van der Waals surface area (Å²) in [6, 6.07) is 15.7. The molecule has 0 bridgehead atoms. The number of carbonyl (C=O) groups is 2. The van der Waals surface area contributed by atoms with E-state index in [9.17, 15) is 18.0 Å². The highest BCUT2D eigenvalue weighted by molar-refractivity contribution is 7.89. The number of hydrogen-bond acceptors (Lipinski definition) is 7. The number of sulfonamides is 1. The molecule has 0 atom stereocenters. The van der Waals surface area contributed by atoms with Crippen LogP contribution < -0.4 is 10.9 Å². The van der Waals surface area contributed by atoms with E-state index >= 15 is 0 Å². The van der Waals surface area contributed by atoms with Gasteiger partial charge in [0.25, 0.3) is 11.8 Å². The zero-order valence-corrected chi connectivity index (χ0v) is 20.0. The Hall–Kier alpha value is -3.67. The van der Waals surface area contributed by atoms with E-state index in [1.807, 2.05) is 18.2 Å². The number of benzene rings is 2. The predicted molar refractivity (Wildman–Crippen MR) is 129 cm³/mol. The van der Waals surface area contributed by atoms with Crippen molar-refractivity contribution in [2.24, 2.45) is 0 Å². The number of hydrogen-bond donors (Lipinski definition) is 2. The Balaban J connectivity index is 1.31. The van der Waals surface area contributed by atoms with Crippen molar-refractivity contribution in [2.75, 3.05) is 26.2 Å². The van der Waals surface area contributed by atoms with E-state index in [1.54, 1.807) is 6.92 Å². The number of rotatable bonds is 6. The maximum atomic E-state index is 13.1. The first-order valence-corrected chi connectivity index (χ1v) is 12.5. The summed E-state index contributed by atoms with van der Waals surface area (Å²) in [5.41, 5.74) is 6.66. The SMILES string of the molecule is Cc1cnc(C(=O)NNC(=O)c2ccc(S(=O)(=O)N3CCN(Cc4ccccc4)CC3)cc2)cn1. The second-order valence-electron chi connectivity index (χ2n) is 8.14. The molecule has 1 aromatic heterocycles. The van der Waals surface area contributed by atoms with Crippen LogP contribution in [0.2, 0.25) is 0 Å². The average molecular weight is 495 g/mol. The summed E-state index contributed by atoms with van der Waals surface area (Å²) in [7, 11) is -3.68. The number of aromatic nitrogens is 2. The number of hydrazine groups is 1. The molecule has 2 heterocycles. The minimum absolute atomic E-state index is 0.0567. The summed E-state index contributed by atoms with van der Waals surface area (Å²) in [6.45, 7) is 4.59. The molecule has 0 spiro atoms. The molecular weight excluding hydrogens is 468 g/mol. The van der Waals surface area contributed by atoms with E-state index in [-0.39, 0.29) is 16.2 Å². The van der Waals surface area contributed by atoms with Crippen LogP contribution in [0.25, 0.3) is 0 Å². The quantitative estimate of drug-likeness (QED) is 0.496. The maximum absolute atomic E-state index is 13.1. The first-order valence-electron chi connectivity index (χ1n) is 11.1. The summed E-state index contributed by atoms with van der Waals surface area (Å²) in [4.78, 5) is 34.7. The van der Waals surface area contributed by atoms with Crippen molar-refractivity contribution in [1.29, 1.82) is 0 Å².